The maximum Gasteiger partial charge on any atom is 0.237 e. The first-order chi connectivity index (χ1) is 8.52. The molecule has 2 aliphatic heterocycles. The number of ether oxygens (including phenoxy) is 2. The highest BCUT2D eigenvalue weighted by Gasteiger charge is 2.43. The summed E-state index contributed by atoms with van der Waals surface area (Å²) in [7, 11) is 0. The molecule has 3 atom stereocenters. The first-order valence-electron chi connectivity index (χ1n) is 6.84. The van der Waals surface area contributed by atoms with Gasteiger partial charge in [-0.15, -0.1) is 0 Å². The Kier molecular flexibility index (Phi) is 4.25. The molecule has 0 aliphatic carbocycles. The first-order valence-corrected chi connectivity index (χ1v) is 6.84. The van der Waals surface area contributed by atoms with Crippen molar-refractivity contribution in [3.05, 3.63) is 0 Å². The minimum Gasteiger partial charge on any atom is -0.377 e. The van der Waals surface area contributed by atoms with Crippen molar-refractivity contribution >= 4 is 5.91 Å². The molecule has 2 aliphatic rings. The van der Waals surface area contributed by atoms with Gasteiger partial charge in [-0.05, 0) is 26.7 Å². The SMILES string of the molecule is CC1CC(NCC2CCCO2)(C(N)=O)CC(C)O1. The number of amides is 1. The molecule has 2 rings (SSSR count). The van der Waals surface area contributed by atoms with Crippen LogP contribution in [0.2, 0.25) is 0 Å². The number of primary amides is 1. The van der Waals surface area contributed by atoms with Gasteiger partial charge in [-0.3, -0.25) is 4.79 Å². The van der Waals surface area contributed by atoms with Crippen LogP contribution >= 0.6 is 0 Å². The number of nitrogens with one attached hydrogen (secondary N) is 1. The van der Waals surface area contributed by atoms with E-state index >= 15 is 0 Å². The van der Waals surface area contributed by atoms with Crippen molar-refractivity contribution in [3.63, 3.8) is 0 Å². The van der Waals surface area contributed by atoms with Crippen molar-refractivity contribution in [1.29, 1.82) is 0 Å². The van der Waals surface area contributed by atoms with E-state index in [9.17, 15) is 4.79 Å². The smallest absolute Gasteiger partial charge is 0.237 e. The molecule has 3 unspecified atom stereocenters. The van der Waals surface area contributed by atoms with Crippen LogP contribution in [0.4, 0.5) is 0 Å². The van der Waals surface area contributed by atoms with E-state index in [2.05, 4.69) is 5.32 Å². The summed E-state index contributed by atoms with van der Waals surface area (Å²) in [4.78, 5) is 11.8. The predicted molar refractivity (Wildman–Crippen MR) is 68.1 cm³/mol. The maximum absolute atomic E-state index is 11.8. The van der Waals surface area contributed by atoms with Crippen molar-refractivity contribution in [2.75, 3.05) is 13.2 Å². The zero-order valence-electron chi connectivity index (χ0n) is 11.3. The summed E-state index contributed by atoms with van der Waals surface area (Å²) in [6, 6.07) is 0. The van der Waals surface area contributed by atoms with Crippen molar-refractivity contribution in [1.82, 2.24) is 5.32 Å². The summed E-state index contributed by atoms with van der Waals surface area (Å²) >= 11 is 0. The van der Waals surface area contributed by atoms with Crippen LogP contribution in [0.1, 0.15) is 39.5 Å². The summed E-state index contributed by atoms with van der Waals surface area (Å²) in [6.07, 6.45) is 3.76. The largest absolute Gasteiger partial charge is 0.377 e. The topological polar surface area (TPSA) is 73.6 Å². The Morgan fingerprint density at radius 3 is 2.56 bits per heavy atom. The average Bonchev–Trinajstić information content (AvgIpc) is 2.77. The highest BCUT2D eigenvalue weighted by Crippen LogP contribution is 2.29. The monoisotopic (exact) mass is 256 g/mol. The van der Waals surface area contributed by atoms with Crippen LogP contribution in [-0.2, 0) is 14.3 Å². The van der Waals surface area contributed by atoms with Gasteiger partial charge in [0.05, 0.1) is 18.3 Å². The Labute approximate surface area is 108 Å². The molecule has 1 amide bonds. The van der Waals surface area contributed by atoms with Crippen LogP contribution in [0.15, 0.2) is 0 Å². The van der Waals surface area contributed by atoms with E-state index in [4.69, 9.17) is 15.2 Å². The summed E-state index contributed by atoms with van der Waals surface area (Å²) in [5.41, 5.74) is 4.98. The summed E-state index contributed by atoms with van der Waals surface area (Å²) < 4.78 is 11.3. The second kappa shape index (κ2) is 5.55. The highest BCUT2D eigenvalue weighted by molar-refractivity contribution is 5.85. The Balaban J connectivity index is 1.99. The lowest BCUT2D eigenvalue weighted by molar-refractivity contribution is -0.136. The average molecular weight is 256 g/mol. The summed E-state index contributed by atoms with van der Waals surface area (Å²) in [5, 5.41) is 3.36. The standard InChI is InChI=1S/C13H24N2O3/c1-9-6-13(12(14)16,7-10(2)18-9)15-8-11-4-3-5-17-11/h9-11,15H,3-8H2,1-2H3,(H2,14,16). The molecule has 5 heteroatoms. The second-order valence-electron chi connectivity index (χ2n) is 5.63. The lowest BCUT2D eigenvalue weighted by Crippen LogP contribution is -2.62. The van der Waals surface area contributed by atoms with Gasteiger partial charge in [0.25, 0.3) is 0 Å². The fourth-order valence-electron chi connectivity index (χ4n) is 3.10. The number of carbonyl (C=O) groups is 1. The van der Waals surface area contributed by atoms with Gasteiger partial charge in [0, 0.05) is 26.0 Å². The number of carbonyl (C=O) groups excluding carboxylic acids is 1. The molecule has 0 radical (unpaired) electrons. The fraction of sp³-hybridized carbons (Fsp3) is 0.923. The number of rotatable bonds is 4. The minimum absolute atomic E-state index is 0.0539. The van der Waals surface area contributed by atoms with Gasteiger partial charge in [-0.25, -0.2) is 0 Å². The van der Waals surface area contributed by atoms with Gasteiger partial charge in [0.1, 0.15) is 5.54 Å². The fourth-order valence-corrected chi connectivity index (χ4v) is 3.10. The van der Waals surface area contributed by atoms with Crippen molar-refractivity contribution in [3.8, 4) is 0 Å². The van der Waals surface area contributed by atoms with Crippen molar-refractivity contribution < 1.29 is 14.3 Å². The van der Waals surface area contributed by atoms with Gasteiger partial charge in [0.2, 0.25) is 5.91 Å². The van der Waals surface area contributed by atoms with Crippen LogP contribution in [0, 0.1) is 0 Å². The highest BCUT2D eigenvalue weighted by atomic mass is 16.5. The lowest BCUT2D eigenvalue weighted by atomic mass is 9.83. The van der Waals surface area contributed by atoms with Crippen molar-refractivity contribution in [2.24, 2.45) is 5.73 Å². The lowest BCUT2D eigenvalue weighted by Gasteiger charge is -2.41. The Morgan fingerprint density at radius 1 is 1.39 bits per heavy atom. The summed E-state index contributed by atoms with van der Waals surface area (Å²) in [6.45, 7) is 5.50. The van der Waals surface area contributed by atoms with E-state index in [0.717, 1.165) is 19.4 Å². The van der Waals surface area contributed by atoms with Crippen LogP contribution in [0.3, 0.4) is 0 Å². The van der Waals surface area contributed by atoms with Gasteiger partial charge in [-0.2, -0.15) is 0 Å². The third-order valence-corrected chi connectivity index (χ3v) is 3.90. The van der Waals surface area contributed by atoms with E-state index in [1.807, 2.05) is 13.8 Å². The molecular weight excluding hydrogens is 232 g/mol. The van der Waals surface area contributed by atoms with Crippen LogP contribution < -0.4 is 11.1 Å². The molecule has 0 aromatic carbocycles. The molecule has 3 N–H and O–H groups in total. The van der Waals surface area contributed by atoms with E-state index < -0.39 is 5.54 Å². The second-order valence-corrected chi connectivity index (χ2v) is 5.63. The molecule has 2 saturated heterocycles. The van der Waals surface area contributed by atoms with Crippen LogP contribution in [0.5, 0.6) is 0 Å². The molecular formula is C13H24N2O3. The van der Waals surface area contributed by atoms with Gasteiger partial charge in [-0.1, -0.05) is 0 Å². The maximum atomic E-state index is 11.8. The predicted octanol–water partition coefficient (Wildman–Crippen LogP) is 0.567. The van der Waals surface area contributed by atoms with E-state index in [1.54, 1.807) is 0 Å². The molecule has 104 valence electrons. The molecule has 2 heterocycles. The summed E-state index contributed by atoms with van der Waals surface area (Å²) in [5.74, 6) is -0.275. The van der Waals surface area contributed by atoms with Crippen molar-refractivity contribution in [2.45, 2.75) is 63.4 Å². The quantitative estimate of drug-likeness (QED) is 0.771. The normalized spacial score (nSPS) is 40.9. The zero-order valence-corrected chi connectivity index (χ0v) is 11.3. The molecule has 18 heavy (non-hydrogen) atoms. The third kappa shape index (κ3) is 3.02. The Hall–Kier alpha value is -0.650. The molecule has 0 saturated carbocycles. The van der Waals surface area contributed by atoms with E-state index in [1.165, 1.54) is 0 Å². The first kappa shape index (κ1) is 13.8. The minimum atomic E-state index is -0.636. The number of hydrogen-bond acceptors (Lipinski definition) is 4. The molecule has 0 bridgehead atoms. The van der Waals surface area contributed by atoms with Gasteiger partial charge in [0.15, 0.2) is 0 Å². The Bertz CT molecular complexity index is 293. The number of nitrogens with two attached hydrogens (primary N) is 1. The molecule has 5 nitrogen and oxygen atoms in total. The molecule has 0 spiro atoms. The number of hydrogen-bond donors (Lipinski definition) is 2. The third-order valence-electron chi connectivity index (χ3n) is 3.90. The van der Waals surface area contributed by atoms with Crippen LogP contribution in [-0.4, -0.2) is 42.9 Å². The van der Waals surface area contributed by atoms with E-state index in [-0.39, 0.29) is 24.2 Å². The van der Waals surface area contributed by atoms with Gasteiger partial charge >= 0.3 is 0 Å². The van der Waals surface area contributed by atoms with Crippen LogP contribution in [0.25, 0.3) is 0 Å². The van der Waals surface area contributed by atoms with Gasteiger partial charge < -0.3 is 20.5 Å². The molecule has 0 aromatic heterocycles. The molecule has 0 aromatic rings. The molecule has 2 fully saturated rings. The van der Waals surface area contributed by atoms with E-state index in [0.29, 0.717) is 19.4 Å². The Morgan fingerprint density at radius 2 is 2.06 bits per heavy atom. The zero-order chi connectivity index (χ0) is 13.2.